The Balaban J connectivity index is 1.69. The van der Waals surface area contributed by atoms with Crippen LogP contribution in [0, 0.1) is 0 Å². The summed E-state index contributed by atoms with van der Waals surface area (Å²) in [5.74, 6) is 0. The third-order valence-corrected chi connectivity index (χ3v) is 3.39. The van der Waals surface area contributed by atoms with Crippen LogP contribution in [0.3, 0.4) is 0 Å². The maximum absolute atomic E-state index is 9.74. The molecular weight excluding hydrogens is 304 g/mol. The maximum Gasteiger partial charge on any atom is 0.0969 e. The minimum Gasteiger partial charge on any atom is -0.389 e. The molecule has 6 heteroatoms. The fraction of sp³-hybridized carbons (Fsp3) is 0.364. The summed E-state index contributed by atoms with van der Waals surface area (Å²) in [4.78, 5) is 1.17. The largest absolute Gasteiger partial charge is 0.389 e. The Kier molecular flexibility index (Phi) is 4.73. The van der Waals surface area contributed by atoms with E-state index in [2.05, 4.69) is 21.0 Å². The molecule has 0 radical (unpaired) electrons. The van der Waals surface area contributed by atoms with Crippen molar-refractivity contribution >= 4 is 27.3 Å². The Bertz CT molecular complexity index is 444. The van der Waals surface area contributed by atoms with Crippen LogP contribution < -0.4 is 0 Å². The zero-order valence-electron chi connectivity index (χ0n) is 9.12. The summed E-state index contributed by atoms with van der Waals surface area (Å²) in [7, 11) is 0. The Morgan fingerprint density at radius 3 is 3.12 bits per heavy atom. The predicted octanol–water partition coefficient (Wildman–Crippen LogP) is 2.28. The summed E-state index contributed by atoms with van der Waals surface area (Å²) in [6, 6.07) is 4.00. The van der Waals surface area contributed by atoms with Gasteiger partial charge in [-0.2, -0.15) is 5.10 Å². The fourth-order valence-corrected chi connectivity index (χ4v) is 2.37. The van der Waals surface area contributed by atoms with Crippen LogP contribution in [-0.2, 0) is 17.9 Å². The summed E-state index contributed by atoms with van der Waals surface area (Å²) in [6.07, 6.45) is 2.98. The average molecular weight is 317 g/mol. The second-order valence-electron chi connectivity index (χ2n) is 3.63. The van der Waals surface area contributed by atoms with E-state index in [9.17, 15) is 5.11 Å². The molecule has 0 aliphatic carbocycles. The highest BCUT2D eigenvalue weighted by atomic mass is 79.9. The van der Waals surface area contributed by atoms with Crippen LogP contribution in [-0.4, -0.2) is 27.6 Å². The van der Waals surface area contributed by atoms with Crippen LogP contribution >= 0.6 is 27.3 Å². The highest BCUT2D eigenvalue weighted by Crippen LogP contribution is 2.10. The van der Waals surface area contributed by atoms with Crippen molar-refractivity contribution < 1.29 is 9.84 Å². The summed E-state index contributed by atoms with van der Waals surface area (Å²) in [6.45, 7) is 1.31. The van der Waals surface area contributed by atoms with Crippen molar-refractivity contribution in [3.8, 4) is 0 Å². The van der Waals surface area contributed by atoms with Crippen LogP contribution in [0.15, 0.2) is 34.4 Å². The van der Waals surface area contributed by atoms with Gasteiger partial charge in [0.25, 0.3) is 0 Å². The van der Waals surface area contributed by atoms with E-state index in [0.29, 0.717) is 19.8 Å². The van der Waals surface area contributed by atoms with Gasteiger partial charge in [-0.1, -0.05) is 6.07 Å². The lowest BCUT2D eigenvalue weighted by Gasteiger charge is -2.10. The molecule has 0 aromatic carbocycles. The van der Waals surface area contributed by atoms with Gasteiger partial charge in [-0.05, 0) is 27.4 Å². The number of hydrogen-bond acceptors (Lipinski definition) is 4. The molecule has 0 spiro atoms. The molecule has 2 rings (SSSR count). The van der Waals surface area contributed by atoms with Gasteiger partial charge >= 0.3 is 0 Å². The summed E-state index contributed by atoms with van der Waals surface area (Å²) in [5.41, 5.74) is 0. The molecule has 2 aromatic rings. The highest BCUT2D eigenvalue weighted by molar-refractivity contribution is 9.10. The number of hydrogen-bond donors (Lipinski definition) is 1. The average Bonchev–Trinajstić information content (AvgIpc) is 2.90. The zero-order valence-corrected chi connectivity index (χ0v) is 11.5. The maximum atomic E-state index is 9.74. The second kappa shape index (κ2) is 6.30. The number of thiophene rings is 1. The Morgan fingerprint density at radius 2 is 2.47 bits per heavy atom. The Hall–Kier alpha value is -0.690. The minimum absolute atomic E-state index is 0.315. The monoisotopic (exact) mass is 316 g/mol. The predicted molar refractivity (Wildman–Crippen MR) is 69.9 cm³/mol. The number of aliphatic hydroxyl groups is 1. The summed E-state index contributed by atoms with van der Waals surface area (Å²) in [5, 5.41) is 15.8. The van der Waals surface area contributed by atoms with E-state index >= 15 is 0 Å². The molecule has 0 saturated carbocycles. The van der Waals surface area contributed by atoms with Gasteiger partial charge in [-0.25, -0.2) is 0 Å². The SMILES string of the molecule is O[C@@H](COCc1cccs1)Cn1cc(Br)cn1. The van der Waals surface area contributed by atoms with Crippen molar-refractivity contribution in [1.82, 2.24) is 9.78 Å². The number of aliphatic hydroxyl groups excluding tert-OH is 1. The lowest BCUT2D eigenvalue weighted by molar-refractivity contribution is 0.0196. The molecule has 0 amide bonds. The van der Waals surface area contributed by atoms with Gasteiger partial charge in [0.1, 0.15) is 0 Å². The smallest absolute Gasteiger partial charge is 0.0969 e. The third kappa shape index (κ3) is 4.23. The van der Waals surface area contributed by atoms with Gasteiger partial charge in [0.2, 0.25) is 0 Å². The number of rotatable bonds is 6. The van der Waals surface area contributed by atoms with Gasteiger partial charge in [-0.3, -0.25) is 4.68 Å². The van der Waals surface area contributed by atoms with Crippen molar-refractivity contribution in [2.24, 2.45) is 0 Å². The standard InChI is InChI=1S/C11H13BrN2O2S/c12-9-4-13-14(5-9)6-10(15)7-16-8-11-2-1-3-17-11/h1-5,10,15H,6-8H2/t10-/m1/s1. The molecule has 0 bridgehead atoms. The first-order valence-electron chi connectivity index (χ1n) is 5.20. The van der Waals surface area contributed by atoms with Crippen molar-refractivity contribution in [3.63, 3.8) is 0 Å². The first-order valence-corrected chi connectivity index (χ1v) is 6.87. The molecule has 0 aliphatic heterocycles. The van der Waals surface area contributed by atoms with E-state index < -0.39 is 6.10 Å². The summed E-state index contributed by atoms with van der Waals surface area (Å²) < 4.78 is 8.02. The van der Waals surface area contributed by atoms with Crippen molar-refractivity contribution in [1.29, 1.82) is 0 Å². The fourth-order valence-electron chi connectivity index (χ4n) is 1.40. The van der Waals surface area contributed by atoms with Gasteiger partial charge in [-0.15, -0.1) is 11.3 Å². The lowest BCUT2D eigenvalue weighted by Crippen LogP contribution is -2.22. The topological polar surface area (TPSA) is 47.3 Å². The van der Waals surface area contributed by atoms with Gasteiger partial charge in [0, 0.05) is 11.1 Å². The molecule has 4 nitrogen and oxygen atoms in total. The normalized spacial score (nSPS) is 12.8. The van der Waals surface area contributed by atoms with Gasteiger partial charge < -0.3 is 9.84 Å². The highest BCUT2D eigenvalue weighted by Gasteiger charge is 2.06. The van der Waals surface area contributed by atoms with Gasteiger partial charge in [0.05, 0.1) is 36.5 Å². The quantitative estimate of drug-likeness (QED) is 0.889. The Morgan fingerprint density at radius 1 is 1.59 bits per heavy atom. The molecule has 0 saturated heterocycles. The third-order valence-electron chi connectivity index (χ3n) is 2.13. The van der Waals surface area contributed by atoms with Crippen LogP contribution in [0.1, 0.15) is 4.88 Å². The molecule has 17 heavy (non-hydrogen) atoms. The van der Waals surface area contributed by atoms with Crippen LogP contribution in [0.5, 0.6) is 0 Å². The van der Waals surface area contributed by atoms with E-state index in [1.807, 2.05) is 23.7 Å². The molecule has 0 unspecified atom stereocenters. The molecule has 0 aliphatic rings. The van der Waals surface area contributed by atoms with E-state index in [4.69, 9.17) is 4.74 Å². The van der Waals surface area contributed by atoms with Gasteiger partial charge in [0.15, 0.2) is 0 Å². The molecule has 92 valence electrons. The summed E-state index contributed by atoms with van der Waals surface area (Å²) >= 11 is 4.96. The zero-order chi connectivity index (χ0) is 12.1. The van der Waals surface area contributed by atoms with E-state index in [1.165, 1.54) is 4.88 Å². The lowest BCUT2D eigenvalue weighted by atomic mass is 10.4. The number of halogens is 1. The van der Waals surface area contributed by atoms with Crippen LogP contribution in [0.4, 0.5) is 0 Å². The van der Waals surface area contributed by atoms with E-state index in [0.717, 1.165) is 4.47 Å². The van der Waals surface area contributed by atoms with Crippen LogP contribution in [0.25, 0.3) is 0 Å². The number of aromatic nitrogens is 2. The van der Waals surface area contributed by atoms with E-state index in [1.54, 1.807) is 22.2 Å². The molecule has 1 atom stereocenters. The second-order valence-corrected chi connectivity index (χ2v) is 5.58. The number of ether oxygens (including phenoxy) is 1. The molecular formula is C11H13BrN2O2S. The minimum atomic E-state index is -0.540. The molecule has 2 heterocycles. The van der Waals surface area contributed by atoms with E-state index in [-0.39, 0.29) is 0 Å². The molecule has 2 aromatic heterocycles. The van der Waals surface area contributed by atoms with Crippen molar-refractivity contribution in [2.75, 3.05) is 6.61 Å². The molecule has 1 N–H and O–H groups in total. The Labute approximate surface area is 112 Å². The number of nitrogens with zero attached hydrogens (tertiary/aromatic N) is 2. The molecule has 0 fully saturated rings. The van der Waals surface area contributed by atoms with Crippen molar-refractivity contribution in [2.45, 2.75) is 19.3 Å². The first kappa shape index (κ1) is 12.8. The van der Waals surface area contributed by atoms with Crippen LogP contribution in [0.2, 0.25) is 0 Å². The first-order chi connectivity index (χ1) is 8.24. The van der Waals surface area contributed by atoms with Crippen molar-refractivity contribution in [3.05, 3.63) is 39.3 Å².